The minimum atomic E-state index is -0.0493. The number of allylic oxidation sites excluding steroid dienone is 1. The molecule has 4 heteroatoms. The third-order valence-corrected chi connectivity index (χ3v) is 2.09. The summed E-state index contributed by atoms with van der Waals surface area (Å²) in [4.78, 5) is 11.4. The van der Waals surface area contributed by atoms with Gasteiger partial charge in [-0.2, -0.15) is 0 Å². The molecule has 1 aromatic carbocycles. The van der Waals surface area contributed by atoms with E-state index in [0.29, 0.717) is 30.0 Å². The lowest BCUT2D eigenvalue weighted by atomic mass is 10.2. The minimum absolute atomic E-state index is 0.0493. The molecule has 1 aromatic rings. The van der Waals surface area contributed by atoms with Gasteiger partial charge in [-0.25, -0.2) is 0 Å². The highest BCUT2D eigenvalue weighted by Gasteiger charge is 2.04. The predicted octanol–water partition coefficient (Wildman–Crippen LogP) is 2.18. The lowest BCUT2D eigenvalue weighted by molar-refractivity contribution is -0.116. The van der Waals surface area contributed by atoms with Crippen molar-refractivity contribution in [3.8, 4) is 5.75 Å². The Bertz CT molecular complexity index is 389. The third kappa shape index (κ3) is 3.31. The summed E-state index contributed by atoms with van der Waals surface area (Å²) in [6.07, 6.45) is 2.80. The molecule has 0 aliphatic carbocycles. The van der Waals surface area contributed by atoms with Gasteiger partial charge in [-0.05, 0) is 18.6 Å². The van der Waals surface area contributed by atoms with Gasteiger partial charge in [0.15, 0.2) is 0 Å². The quantitative estimate of drug-likeness (QED) is 0.590. The smallest absolute Gasteiger partial charge is 0.224 e. The van der Waals surface area contributed by atoms with Crippen LogP contribution in [0.15, 0.2) is 30.9 Å². The lowest BCUT2D eigenvalue weighted by Gasteiger charge is -2.08. The number of anilines is 2. The third-order valence-electron chi connectivity index (χ3n) is 2.09. The zero-order chi connectivity index (χ0) is 12.0. The highest BCUT2D eigenvalue weighted by atomic mass is 16.5. The molecular weight excluding hydrogens is 204 g/mol. The van der Waals surface area contributed by atoms with E-state index in [9.17, 15) is 4.79 Å². The largest absolute Gasteiger partial charge is 0.495 e. The van der Waals surface area contributed by atoms with Crippen LogP contribution in [0.2, 0.25) is 0 Å². The summed E-state index contributed by atoms with van der Waals surface area (Å²) in [6.45, 7) is 3.56. The van der Waals surface area contributed by atoms with E-state index >= 15 is 0 Å². The molecule has 1 rings (SSSR count). The SMILES string of the molecule is C=CCCC(=O)Nc1ccc(N)c(OC)c1. The second-order valence-corrected chi connectivity index (χ2v) is 3.33. The lowest BCUT2D eigenvalue weighted by Crippen LogP contribution is -2.10. The van der Waals surface area contributed by atoms with Crippen molar-refractivity contribution in [2.24, 2.45) is 0 Å². The summed E-state index contributed by atoms with van der Waals surface area (Å²) in [5, 5.41) is 2.76. The molecule has 0 bridgehead atoms. The van der Waals surface area contributed by atoms with Gasteiger partial charge in [-0.15, -0.1) is 6.58 Å². The molecule has 3 N–H and O–H groups in total. The molecule has 0 radical (unpaired) electrons. The van der Waals surface area contributed by atoms with Gasteiger partial charge in [0.05, 0.1) is 12.8 Å². The standard InChI is InChI=1S/C12H16N2O2/c1-3-4-5-12(15)14-9-6-7-10(13)11(8-9)16-2/h3,6-8H,1,4-5,13H2,2H3,(H,14,15). The van der Waals surface area contributed by atoms with E-state index in [0.717, 1.165) is 0 Å². The van der Waals surface area contributed by atoms with Crippen LogP contribution < -0.4 is 15.8 Å². The number of carbonyl (C=O) groups is 1. The number of benzene rings is 1. The van der Waals surface area contributed by atoms with Gasteiger partial charge in [0, 0.05) is 18.2 Å². The molecule has 0 aliphatic rings. The number of carbonyl (C=O) groups excluding carboxylic acids is 1. The Morgan fingerprint density at radius 2 is 2.38 bits per heavy atom. The first-order chi connectivity index (χ1) is 7.67. The summed E-state index contributed by atoms with van der Waals surface area (Å²) in [5.74, 6) is 0.508. The van der Waals surface area contributed by atoms with Crippen LogP contribution in [0, 0.1) is 0 Å². The molecule has 0 saturated heterocycles. The molecule has 0 unspecified atom stereocenters. The second kappa shape index (κ2) is 5.80. The van der Waals surface area contributed by atoms with Crippen LogP contribution in [0.5, 0.6) is 5.75 Å². The van der Waals surface area contributed by atoms with Crippen molar-refractivity contribution in [2.45, 2.75) is 12.8 Å². The first-order valence-corrected chi connectivity index (χ1v) is 5.01. The summed E-state index contributed by atoms with van der Waals surface area (Å²) < 4.78 is 5.06. The number of nitrogen functional groups attached to an aromatic ring is 1. The molecule has 16 heavy (non-hydrogen) atoms. The Morgan fingerprint density at radius 1 is 1.62 bits per heavy atom. The molecular formula is C12H16N2O2. The number of hydrogen-bond donors (Lipinski definition) is 2. The van der Waals surface area contributed by atoms with Crippen LogP contribution in [-0.4, -0.2) is 13.0 Å². The van der Waals surface area contributed by atoms with Crippen molar-refractivity contribution >= 4 is 17.3 Å². The highest BCUT2D eigenvalue weighted by Crippen LogP contribution is 2.24. The van der Waals surface area contributed by atoms with Crippen molar-refractivity contribution < 1.29 is 9.53 Å². The first kappa shape index (κ1) is 12.1. The van der Waals surface area contributed by atoms with E-state index in [1.807, 2.05) is 0 Å². The maximum Gasteiger partial charge on any atom is 0.224 e. The maximum absolute atomic E-state index is 11.4. The Balaban J connectivity index is 2.66. The number of rotatable bonds is 5. The number of hydrogen-bond acceptors (Lipinski definition) is 3. The van der Waals surface area contributed by atoms with Crippen molar-refractivity contribution in [1.29, 1.82) is 0 Å². The van der Waals surface area contributed by atoms with E-state index in [1.165, 1.54) is 7.11 Å². The normalized spacial score (nSPS) is 9.56. The van der Waals surface area contributed by atoms with E-state index in [-0.39, 0.29) is 5.91 Å². The molecule has 0 fully saturated rings. The van der Waals surface area contributed by atoms with Crippen LogP contribution >= 0.6 is 0 Å². The Kier molecular flexibility index (Phi) is 4.39. The monoisotopic (exact) mass is 220 g/mol. The number of ether oxygens (including phenoxy) is 1. The van der Waals surface area contributed by atoms with E-state index < -0.39 is 0 Å². The fourth-order valence-corrected chi connectivity index (χ4v) is 1.25. The Hall–Kier alpha value is -1.97. The van der Waals surface area contributed by atoms with E-state index in [2.05, 4.69) is 11.9 Å². The van der Waals surface area contributed by atoms with Gasteiger partial charge >= 0.3 is 0 Å². The van der Waals surface area contributed by atoms with Crippen LogP contribution in [0.4, 0.5) is 11.4 Å². The molecule has 0 saturated carbocycles. The number of amides is 1. The first-order valence-electron chi connectivity index (χ1n) is 5.01. The molecule has 0 heterocycles. The fourth-order valence-electron chi connectivity index (χ4n) is 1.25. The molecule has 86 valence electrons. The van der Waals surface area contributed by atoms with Crippen LogP contribution in [0.25, 0.3) is 0 Å². The number of nitrogens with two attached hydrogens (primary N) is 1. The minimum Gasteiger partial charge on any atom is -0.495 e. The van der Waals surface area contributed by atoms with Gasteiger partial charge in [0.25, 0.3) is 0 Å². The van der Waals surface area contributed by atoms with E-state index in [4.69, 9.17) is 10.5 Å². The van der Waals surface area contributed by atoms with Crippen molar-refractivity contribution in [2.75, 3.05) is 18.2 Å². The molecule has 0 atom stereocenters. The summed E-state index contributed by atoms with van der Waals surface area (Å²) in [5.41, 5.74) is 6.89. The molecule has 4 nitrogen and oxygen atoms in total. The van der Waals surface area contributed by atoms with Gasteiger partial charge in [0.2, 0.25) is 5.91 Å². The number of nitrogens with one attached hydrogen (secondary N) is 1. The van der Waals surface area contributed by atoms with Gasteiger partial charge in [0.1, 0.15) is 5.75 Å². The van der Waals surface area contributed by atoms with Crippen LogP contribution in [0.1, 0.15) is 12.8 Å². The molecule has 0 spiro atoms. The van der Waals surface area contributed by atoms with Crippen molar-refractivity contribution in [3.63, 3.8) is 0 Å². The van der Waals surface area contributed by atoms with Crippen LogP contribution in [-0.2, 0) is 4.79 Å². The summed E-state index contributed by atoms with van der Waals surface area (Å²) in [7, 11) is 1.54. The Morgan fingerprint density at radius 3 is 3.00 bits per heavy atom. The van der Waals surface area contributed by atoms with Gasteiger partial charge in [-0.1, -0.05) is 6.08 Å². The fraction of sp³-hybridized carbons (Fsp3) is 0.250. The van der Waals surface area contributed by atoms with Gasteiger partial charge in [-0.3, -0.25) is 4.79 Å². The maximum atomic E-state index is 11.4. The molecule has 1 amide bonds. The Labute approximate surface area is 95.1 Å². The summed E-state index contributed by atoms with van der Waals surface area (Å²) in [6, 6.07) is 5.13. The number of methoxy groups -OCH3 is 1. The highest BCUT2D eigenvalue weighted by molar-refractivity contribution is 5.91. The summed E-state index contributed by atoms with van der Waals surface area (Å²) >= 11 is 0. The molecule has 0 aliphatic heterocycles. The average Bonchev–Trinajstić information content (AvgIpc) is 2.29. The zero-order valence-corrected chi connectivity index (χ0v) is 9.32. The average molecular weight is 220 g/mol. The predicted molar refractivity (Wildman–Crippen MR) is 65.5 cm³/mol. The van der Waals surface area contributed by atoms with Crippen LogP contribution in [0.3, 0.4) is 0 Å². The second-order valence-electron chi connectivity index (χ2n) is 3.33. The molecule has 0 aromatic heterocycles. The topological polar surface area (TPSA) is 64.4 Å². The van der Waals surface area contributed by atoms with E-state index in [1.54, 1.807) is 24.3 Å². The van der Waals surface area contributed by atoms with Crippen molar-refractivity contribution in [1.82, 2.24) is 0 Å². The zero-order valence-electron chi connectivity index (χ0n) is 9.32. The van der Waals surface area contributed by atoms with Crippen molar-refractivity contribution in [3.05, 3.63) is 30.9 Å². The van der Waals surface area contributed by atoms with Gasteiger partial charge < -0.3 is 15.8 Å².